The SMILES string of the molecule is O=S(=O)(OF)C1=C(c2ccccc2)C(F)=C(Cl)[SH]1(F)(F)F. The van der Waals surface area contributed by atoms with E-state index in [9.17, 15) is 29.0 Å². The second-order valence-electron chi connectivity index (χ2n) is 3.98. The quantitative estimate of drug-likeness (QED) is 0.621. The van der Waals surface area contributed by atoms with Crippen LogP contribution < -0.4 is 0 Å². The van der Waals surface area contributed by atoms with Crippen molar-refractivity contribution in [1.82, 2.24) is 0 Å². The molecule has 1 aromatic carbocycles. The van der Waals surface area contributed by atoms with E-state index < -0.39 is 46.0 Å². The Labute approximate surface area is 121 Å². The summed E-state index contributed by atoms with van der Waals surface area (Å²) >= 11 is 4.95. The lowest BCUT2D eigenvalue weighted by molar-refractivity contribution is 0.00495. The fraction of sp³-hybridized carbons (Fsp3) is 0. The molecule has 11 heteroatoms. The molecule has 0 amide bonds. The van der Waals surface area contributed by atoms with Crippen LogP contribution in [0.25, 0.3) is 5.57 Å². The summed E-state index contributed by atoms with van der Waals surface area (Å²) in [5, 5.41) is 0. The second kappa shape index (κ2) is 4.70. The molecular weight excluding hydrogens is 363 g/mol. The van der Waals surface area contributed by atoms with Crippen LogP contribution in [0.4, 0.5) is 20.6 Å². The zero-order valence-corrected chi connectivity index (χ0v) is 12.2. The minimum Gasteiger partial charge on any atom is -0.204 e. The first-order valence-electron chi connectivity index (χ1n) is 5.10. The van der Waals surface area contributed by atoms with Crippen LogP contribution in [0.5, 0.6) is 0 Å². The molecular formula is C10H6ClF5O3S2. The highest BCUT2D eigenvalue weighted by molar-refractivity contribution is 8.50. The number of hydrogen-bond acceptors (Lipinski definition) is 3. The molecule has 0 saturated carbocycles. The van der Waals surface area contributed by atoms with Crippen molar-refractivity contribution < 1.29 is 33.4 Å². The number of rotatable bonds is 3. The minimum absolute atomic E-state index is 0.414. The average molecular weight is 369 g/mol. The van der Waals surface area contributed by atoms with Crippen molar-refractivity contribution in [1.29, 1.82) is 0 Å². The molecule has 0 atom stereocenters. The van der Waals surface area contributed by atoms with Gasteiger partial charge < -0.3 is 0 Å². The Morgan fingerprint density at radius 1 is 1.10 bits per heavy atom. The predicted octanol–water partition coefficient (Wildman–Crippen LogP) is 4.70. The van der Waals surface area contributed by atoms with Gasteiger partial charge in [0.05, 0.1) is 5.57 Å². The Morgan fingerprint density at radius 2 is 1.62 bits per heavy atom. The smallest absolute Gasteiger partial charge is 0.204 e. The molecule has 1 aliphatic rings. The summed E-state index contributed by atoms with van der Waals surface area (Å²) < 4.78 is 88.2. The lowest BCUT2D eigenvalue weighted by atomic mass is 10.1. The fourth-order valence-electron chi connectivity index (χ4n) is 1.82. The van der Waals surface area contributed by atoms with Crippen molar-refractivity contribution in [2.75, 3.05) is 0 Å². The number of benzene rings is 1. The minimum atomic E-state index is -8.03. The van der Waals surface area contributed by atoms with E-state index >= 15 is 0 Å². The van der Waals surface area contributed by atoms with Crippen molar-refractivity contribution in [2.24, 2.45) is 0 Å². The topological polar surface area (TPSA) is 43.4 Å². The molecule has 1 aromatic rings. The molecule has 118 valence electrons. The van der Waals surface area contributed by atoms with E-state index in [1.807, 2.05) is 0 Å². The van der Waals surface area contributed by atoms with Gasteiger partial charge in [0.1, 0.15) is 10.3 Å². The number of thiol groups is 1. The Morgan fingerprint density at radius 3 is 2.10 bits per heavy atom. The third-order valence-corrected chi connectivity index (χ3v) is 7.78. The van der Waals surface area contributed by atoms with Gasteiger partial charge in [-0.1, -0.05) is 46.3 Å². The predicted molar refractivity (Wildman–Crippen MR) is 70.8 cm³/mol. The fourth-order valence-corrected chi connectivity index (χ4v) is 5.86. The lowest BCUT2D eigenvalue weighted by Gasteiger charge is -2.34. The van der Waals surface area contributed by atoms with E-state index in [4.69, 9.17) is 11.6 Å². The van der Waals surface area contributed by atoms with Crippen molar-refractivity contribution in [3.63, 3.8) is 0 Å². The van der Waals surface area contributed by atoms with Gasteiger partial charge in [-0.2, -0.15) is 8.42 Å². The normalized spacial score (nSPS) is 23.0. The Kier molecular flexibility index (Phi) is 3.64. The molecule has 0 radical (unpaired) electrons. The summed E-state index contributed by atoms with van der Waals surface area (Å²) in [7, 11) is -13.9. The number of halogens is 6. The molecule has 3 nitrogen and oxygen atoms in total. The van der Waals surface area contributed by atoms with Crippen molar-refractivity contribution in [2.45, 2.75) is 0 Å². The molecule has 0 aromatic heterocycles. The van der Waals surface area contributed by atoms with Gasteiger partial charge in [0.2, 0.25) is 0 Å². The van der Waals surface area contributed by atoms with Gasteiger partial charge in [0, 0.05) is 0 Å². The molecule has 0 unspecified atom stereocenters. The molecule has 0 fully saturated rings. The Bertz CT molecular complexity index is 765. The van der Waals surface area contributed by atoms with Crippen molar-refractivity contribution in [3.05, 3.63) is 50.3 Å². The standard InChI is InChI=1S/C10H6ClF5O3S2/c11-9-8(12)7(6-4-2-1-3-5-6)10(20(17,18)19-13)21(9,14,15)16/h1-5,21H. The van der Waals surface area contributed by atoms with Gasteiger partial charge in [-0.25, -0.2) is 4.39 Å². The molecule has 2 rings (SSSR count). The molecule has 21 heavy (non-hydrogen) atoms. The maximum atomic E-state index is 13.9. The van der Waals surface area contributed by atoms with Crippen LogP contribution in [-0.2, 0) is 14.5 Å². The summed E-state index contributed by atoms with van der Waals surface area (Å²) in [5.74, 6) is -1.97. The van der Waals surface area contributed by atoms with Crippen LogP contribution >= 0.6 is 21.9 Å². The molecule has 0 spiro atoms. The summed E-state index contributed by atoms with van der Waals surface area (Å²) in [5.41, 5.74) is -1.76. The zero-order valence-electron chi connectivity index (χ0n) is 9.73. The second-order valence-corrected chi connectivity index (χ2v) is 8.88. The largest absolute Gasteiger partial charge is 0.337 e. The van der Waals surface area contributed by atoms with E-state index in [1.54, 1.807) is 0 Å². The van der Waals surface area contributed by atoms with E-state index in [-0.39, 0.29) is 0 Å². The first-order valence-corrected chi connectivity index (χ1v) is 8.80. The average Bonchev–Trinajstić information content (AvgIpc) is 2.57. The van der Waals surface area contributed by atoms with Gasteiger partial charge in [0.15, 0.2) is 14.4 Å². The maximum Gasteiger partial charge on any atom is 0.337 e. The van der Waals surface area contributed by atoms with Crippen LogP contribution in [0.2, 0.25) is 0 Å². The summed E-state index contributed by atoms with van der Waals surface area (Å²) in [6, 6.07) is 6.00. The van der Waals surface area contributed by atoms with Gasteiger partial charge >= 0.3 is 10.1 Å². The van der Waals surface area contributed by atoms with Gasteiger partial charge in [0.25, 0.3) is 0 Å². The van der Waals surface area contributed by atoms with Crippen LogP contribution in [0.3, 0.4) is 0 Å². The highest BCUT2D eigenvalue weighted by Crippen LogP contribution is 2.91. The van der Waals surface area contributed by atoms with E-state index in [0.29, 0.717) is 0 Å². The molecule has 1 aliphatic heterocycles. The number of allylic oxidation sites excluding steroid dienone is 2. The van der Waals surface area contributed by atoms with E-state index in [1.165, 1.54) is 18.2 Å². The number of hydrogen-bond donors (Lipinski definition) is 1. The van der Waals surface area contributed by atoms with Crippen LogP contribution in [-0.4, -0.2) is 8.42 Å². The van der Waals surface area contributed by atoms with Gasteiger partial charge in [-0.3, -0.25) is 0 Å². The molecule has 0 saturated heterocycles. The van der Waals surface area contributed by atoms with E-state index in [2.05, 4.69) is 4.39 Å². The Hall–Kier alpha value is -1.10. The first kappa shape index (κ1) is 16.3. The summed E-state index contributed by atoms with van der Waals surface area (Å²) in [4.78, 5) is 0. The first-order chi connectivity index (χ1) is 9.51. The van der Waals surface area contributed by atoms with Crippen molar-refractivity contribution in [3.8, 4) is 0 Å². The van der Waals surface area contributed by atoms with Crippen LogP contribution in [0, 0.1) is 0 Å². The monoisotopic (exact) mass is 368 g/mol. The molecule has 0 N–H and O–H groups in total. The van der Waals surface area contributed by atoms with Gasteiger partial charge in [-0.05, 0) is 10.1 Å². The van der Waals surface area contributed by atoms with Crippen LogP contribution in [0.15, 0.2) is 44.8 Å². The molecule has 1 heterocycles. The van der Waals surface area contributed by atoms with E-state index in [0.717, 1.165) is 12.1 Å². The zero-order chi connectivity index (χ0) is 16.1. The molecule has 0 aliphatic carbocycles. The lowest BCUT2D eigenvalue weighted by Crippen LogP contribution is -2.12. The highest BCUT2D eigenvalue weighted by atomic mass is 35.5. The Balaban J connectivity index is 2.95. The summed E-state index contributed by atoms with van der Waals surface area (Å²) in [6.07, 6.45) is 0. The third kappa shape index (κ3) is 2.35. The van der Waals surface area contributed by atoms with Gasteiger partial charge in [-0.15, -0.1) is 11.7 Å². The maximum absolute atomic E-state index is 13.9. The molecule has 0 bridgehead atoms. The highest BCUT2D eigenvalue weighted by Gasteiger charge is 2.61. The van der Waals surface area contributed by atoms with Crippen molar-refractivity contribution >= 4 is 37.6 Å². The van der Waals surface area contributed by atoms with Crippen LogP contribution in [0.1, 0.15) is 5.56 Å². The summed E-state index contributed by atoms with van der Waals surface area (Å²) in [6.45, 7) is 0. The third-order valence-electron chi connectivity index (χ3n) is 2.65.